The lowest BCUT2D eigenvalue weighted by Crippen LogP contribution is -2.46. The Labute approximate surface area is 112 Å². The molecule has 0 heterocycles. The highest BCUT2D eigenvalue weighted by Crippen LogP contribution is 2.17. The van der Waals surface area contributed by atoms with Crippen molar-refractivity contribution in [2.45, 2.75) is 57.6 Å². The van der Waals surface area contributed by atoms with Crippen LogP contribution in [0.5, 0.6) is 0 Å². The summed E-state index contributed by atoms with van der Waals surface area (Å²) in [5.74, 6) is 0. The van der Waals surface area contributed by atoms with Crippen LogP contribution >= 0.6 is 0 Å². The van der Waals surface area contributed by atoms with E-state index in [1.165, 1.54) is 0 Å². The molecule has 0 spiro atoms. The molecular formula is C14H31NO3. The molecule has 110 valence electrons. The molecule has 0 aromatic carbocycles. The first-order valence-electron chi connectivity index (χ1n) is 6.88. The van der Waals surface area contributed by atoms with Gasteiger partial charge in [-0.15, -0.1) is 0 Å². The normalized spacial score (nSPS) is 15.7. The van der Waals surface area contributed by atoms with Gasteiger partial charge in [0.25, 0.3) is 0 Å². The van der Waals surface area contributed by atoms with Gasteiger partial charge in [0.2, 0.25) is 0 Å². The van der Waals surface area contributed by atoms with Crippen molar-refractivity contribution in [1.29, 1.82) is 0 Å². The molecule has 1 atom stereocenters. The summed E-state index contributed by atoms with van der Waals surface area (Å²) in [6, 6.07) is 0. The topological polar surface area (TPSA) is 50.7 Å². The summed E-state index contributed by atoms with van der Waals surface area (Å²) in [5, 5.41) is 12.6. The Hall–Kier alpha value is -0.160. The number of aliphatic hydroxyl groups excluding tert-OH is 1. The molecule has 0 aliphatic heterocycles. The van der Waals surface area contributed by atoms with Gasteiger partial charge in [0, 0.05) is 25.9 Å². The molecule has 0 bridgehead atoms. The highest BCUT2D eigenvalue weighted by atomic mass is 16.5. The van der Waals surface area contributed by atoms with Gasteiger partial charge in [-0.1, -0.05) is 6.92 Å². The summed E-state index contributed by atoms with van der Waals surface area (Å²) in [5.41, 5.74) is -0.252. The molecule has 0 saturated heterocycles. The SMILES string of the molecule is CCC(CO)(CCCOCCC(C)(C)OC)NC. The van der Waals surface area contributed by atoms with Crippen molar-refractivity contribution in [2.75, 3.05) is 34.0 Å². The Morgan fingerprint density at radius 3 is 2.28 bits per heavy atom. The highest BCUT2D eigenvalue weighted by molar-refractivity contribution is 4.84. The van der Waals surface area contributed by atoms with Crippen molar-refractivity contribution in [3.63, 3.8) is 0 Å². The summed E-state index contributed by atoms with van der Waals surface area (Å²) in [7, 11) is 3.63. The van der Waals surface area contributed by atoms with Gasteiger partial charge in [-0.3, -0.25) is 0 Å². The van der Waals surface area contributed by atoms with Gasteiger partial charge in [0.1, 0.15) is 0 Å². The summed E-state index contributed by atoms with van der Waals surface area (Å²) >= 11 is 0. The van der Waals surface area contributed by atoms with Crippen LogP contribution in [0.2, 0.25) is 0 Å². The fraction of sp³-hybridized carbons (Fsp3) is 1.00. The second-order valence-electron chi connectivity index (χ2n) is 5.47. The first-order valence-corrected chi connectivity index (χ1v) is 6.88. The van der Waals surface area contributed by atoms with Crippen molar-refractivity contribution in [1.82, 2.24) is 5.32 Å². The zero-order chi connectivity index (χ0) is 14.1. The molecule has 2 N–H and O–H groups in total. The number of ether oxygens (including phenoxy) is 2. The number of hydrogen-bond acceptors (Lipinski definition) is 4. The molecule has 0 aromatic heterocycles. The Balaban J connectivity index is 3.68. The number of likely N-dealkylation sites (N-methyl/N-ethyl adjacent to an activating group) is 1. The van der Waals surface area contributed by atoms with Crippen LogP contribution < -0.4 is 5.32 Å². The van der Waals surface area contributed by atoms with E-state index in [2.05, 4.69) is 26.1 Å². The van der Waals surface area contributed by atoms with Crippen LogP contribution in [-0.2, 0) is 9.47 Å². The Bertz CT molecular complexity index is 195. The molecule has 0 fully saturated rings. The molecule has 0 radical (unpaired) electrons. The number of nitrogens with one attached hydrogen (secondary N) is 1. The van der Waals surface area contributed by atoms with E-state index in [0.29, 0.717) is 0 Å². The maximum Gasteiger partial charge on any atom is 0.0644 e. The second kappa shape index (κ2) is 8.86. The van der Waals surface area contributed by atoms with Crippen molar-refractivity contribution in [3.8, 4) is 0 Å². The summed E-state index contributed by atoms with van der Waals surface area (Å²) < 4.78 is 10.9. The summed E-state index contributed by atoms with van der Waals surface area (Å²) in [6.07, 6.45) is 3.72. The minimum atomic E-state index is -0.144. The van der Waals surface area contributed by atoms with Gasteiger partial charge in [0.15, 0.2) is 0 Å². The summed E-state index contributed by atoms with van der Waals surface area (Å²) in [4.78, 5) is 0. The number of methoxy groups -OCH3 is 1. The summed E-state index contributed by atoms with van der Waals surface area (Å²) in [6.45, 7) is 7.85. The van der Waals surface area contributed by atoms with Gasteiger partial charge in [-0.25, -0.2) is 0 Å². The Kier molecular flexibility index (Phi) is 8.78. The van der Waals surface area contributed by atoms with E-state index < -0.39 is 0 Å². The fourth-order valence-electron chi connectivity index (χ4n) is 1.78. The van der Waals surface area contributed by atoms with Crippen LogP contribution in [0.25, 0.3) is 0 Å². The lowest BCUT2D eigenvalue weighted by atomic mass is 9.92. The smallest absolute Gasteiger partial charge is 0.0644 e. The molecule has 0 aliphatic rings. The predicted molar refractivity (Wildman–Crippen MR) is 74.9 cm³/mol. The zero-order valence-corrected chi connectivity index (χ0v) is 12.7. The number of aliphatic hydroxyl groups is 1. The molecule has 4 nitrogen and oxygen atoms in total. The third kappa shape index (κ3) is 6.69. The molecule has 4 heteroatoms. The number of rotatable bonds is 11. The van der Waals surface area contributed by atoms with E-state index in [-0.39, 0.29) is 17.7 Å². The van der Waals surface area contributed by atoms with Crippen LogP contribution in [0.1, 0.15) is 46.5 Å². The van der Waals surface area contributed by atoms with Crippen LogP contribution in [-0.4, -0.2) is 50.2 Å². The van der Waals surface area contributed by atoms with Crippen LogP contribution in [0.15, 0.2) is 0 Å². The molecule has 0 saturated carbocycles. The fourth-order valence-corrected chi connectivity index (χ4v) is 1.78. The largest absolute Gasteiger partial charge is 0.394 e. The second-order valence-corrected chi connectivity index (χ2v) is 5.47. The van der Waals surface area contributed by atoms with Crippen molar-refractivity contribution in [2.24, 2.45) is 0 Å². The van der Waals surface area contributed by atoms with Crippen molar-refractivity contribution < 1.29 is 14.6 Å². The standard InChI is InChI=1S/C14H31NO3/c1-6-14(12-16,15-4)8-7-10-18-11-9-13(2,3)17-5/h15-16H,6-12H2,1-5H3. The monoisotopic (exact) mass is 261 g/mol. The third-order valence-corrected chi connectivity index (χ3v) is 3.85. The lowest BCUT2D eigenvalue weighted by Gasteiger charge is -2.30. The van der Waals surface area contributed by atoms with E-state index >= 15 is 0 Å². The molecule has 0 aliphatic carbocycles. The van der Waals surface area contributed by atoms with E-state index in [0.717, 1.165) is 38.9 Å². The Morgan fingerprint density at radius 1 is 1.17 bits per heavy atom. The average Bonchev–Trinajstić information content (AvgIpc) is 2.39. The lowest BCUT2D eigenvalue weighted by molar-refractivity contribution is -0.0109. The van der Waals surface area contributed by atoms with Gasteiger partial charge in [0.05, 0.1) is 12.2 Å². The van der Waals surface area contributed by atoms with Gasteiger partial charge >= 0.3 is 0 Å². The van der Waals surface area contributed by atoms with E-state index in [1.807, 2.05) is 7.05 Å². The van der Waals surface area contributed by atoms with Crippen molar-refractivity contribution >= 4 is 0 Å². The molecular weight excluding hydrogens is 230 g/mol. The maximum absolute atomic E-state index is 9.40. The van der Waals surface area contributed by atoms with E-state index in [1.54, 1.807) is 7.11 Å². The molecule has 18 heavy (non-hydrogen) atoms. The molecule has 1 unspecified atom stereocenters. The minimum absolute atomic E-state index is 0.108. The third-order valence-electron chi connectivity index (χ3n) is 3.85. The molecule has 0 aromatic rings. The van der Waals surface area contributed by atoms with Gasteiger partial charge < -0.3 is 19.9 Å². The van der Waals surface area contributed by atoms with Gasteiger partial charge in [-0.05, 0) is 46.6 Å². The average molecular weight is 261 g/mol. The Morgan fingerprint density at radius 2 is 1.83 bits per heavy atom. The van der Waals surface area contributed by atoms with Crippen molar-refractivity contribution in [3.05, 3.63) is 0 Å². The predicted octanol–water partition coefficient (Wildman–Crippen LogP) is 1.96. The van der Waals surface area contributed by atoms with Gasteiger partial charge in [-0.2, -0.15) is 0 Å². The van der Waals surface area contributed by atoms with Crippen LogP contribution in [0, 0.1) is 0 Å². The quantitative estimate of drug-likeness (QED) is 0.558. The maximum atomic E-state index is 9.40. The number of hydrogen-bond donors (Lipinski definition) is 2. The van der Waals surface area contributed by atoms with E-state index in [4.69, 9.17) is 9.47 Å². The first kappa shape index (κ1) is 17.8. The highest BCUT2D eigenvalue weighted by Gasteiger charge is 2.24. The molecule has 0 rings (SSSR count). The minimum Gasteiger partial charge on any atom is -0.394 e. The van der Waals surface area contributed by atoms with Crippen LogP contribution in [0.4, 0.5) is 0 Å². The molecule has 0 amide bonds. The van der Waals surface area contributed by atoms with E-state index in [9.17, 15) is 5.11 Å². The van der Waals surface area contributed by atoms with Crippen LogP contribution in [0.3, 0.4) is 0 Å². The first-order chi connectivity index (χ1) is 8.45. The zero-order valence-electron chi connectivity index (χ0n) is 12.7.